The van der Waals surface area contributed by atoms with Crippen molar-refractivity contribution < 1.29 is 9.53 Å². The van der Waals surface area contributed by atoms with Gasteiger partial charge in [-0.25, -0.2) is 4.98 Å². The first-order valence-electron chi connectivity index (χ1n) is 9.37. The molecule has 30 heavy (non-hydrogen) atoms. The molecule has 152 valence electrons. The summed E-state index contributed by atoms with van der Waals surface area (Å²) in [6.45, 7) is 2.31. The Bertz CT molecular complexity index is 1180. The number of amides is 1. The summed E-state index contributed by atoms with van der Waals surface area (Å²) in [4.78, 5) is 18.4. The van der Waals surface area contributed by atoms with Gasteiger partial charge in [0.25, 0.3) is 0 Å². The molecule has 0 fully saturated rings. The predicted molar refractivity (Wildman–Crippen MR) is 122 cm³/mol. The van der Waals surface area contributed by atoms with Gasteiger partial charge in [-0.1, -0.05) is 28.8 Å². The Morgan fingerprint density at radius 3 is 2.83 bits per heavy atom. The molecule has 0 unspecified atom stereocenters. The van der Waals surface area contributed by atoms with Crippen molar-refractivity contribution >= 4 is 50.6 Å². The molecular weight excluding hydrogens is 416 g/mol. The maximum absolute atomic E-state index is 12.7. The fourth-order valence-electron chi connectivity index (χ4n) is 2.96. The van der Waals surface area contributed by atoms with Crippen molar-refractivity contribution in [1.82, 2.24) is 19.9 Å². The quantitative estimate of drug-likeness (QED) is 0.454. The first-order chi connectivity index (χ1) is 14.6. The number of benzene rings is 2. The number of ether oxygens (including phenoxy) is 1. The lowest BCUT2D eigenvalue weighted by Crippen LogP contribution is -2.22. The fraction of sp³-hybridized carbons (Fsp3) is 0.182. The van der Waals surface area contributed by atoms with Crippen LogP contribution in [0.4, 0.5) is 0 Å². The molecule has 4 aromatic rings. The maximum atomic E-state index is 12.7. The van der Waals surface area contributed by atoms with Gasteiger partial charge in [-0.15, -0.1) is 16.4 Å². The first kappa shape index (κ1) is 20.2. The lowest BCUT2D eigenvalue weighted by molar-refractivity contribution is -0.120. The number of thiazole rings is 1. The van der Waals surface area contributed by atoms with E-state index in [1.165, 1.54) is 11.5 Å². The molecule has 4 rings (SSSR count). The fourth-order valence-corrected chi connectivity index (χ4v) is 4.51. The van der Waals surface area contributed by atoms with Gasteiger partial charge in [0.05, 0.1) is 40.9 Å². The van der Waals surface area contributed by atoms with Crippen LogP contribution >= 0.6 is 22.9 Å². The predicted octanol–water partition coefficient (Wildman–Crippen LogP) is 4.71. The highest BCUT2D eigenvalue weighted by atomic mass is 32.1. The highest BCUT2D eigenvalue weighted by Gasteiger charge is 2.14. The number of hydrogen-bond donors (Lipinski definition) is 1. The molecule has 0 spiro atoms. The van der Waals surface area contributed by atoms with Gasteiger partial charge < -0.3 is 10.1 Å². The van der Waals surface area contributed by atoms with Crippen molar-refractivity contribution in [2.75, 3.05) is 7.11 Å². The third-order valence-electron chi connectivity index (χ3n) is 4.55. The summed E-state index contributed by atoms with van der Waals surface area (Å²) in [6.07, 6.45) is 2.22. The van der Waals surface area contributed by atoms with Crippen LogP contribution in [-0.4, -0.2) is 27.6 Å². The van der Waals surface area contributed by atoms with E-state index in [0.29, 0.717) is 6.54 Å². The molecule has 1 amide bonds. The molecule has 0 saturated carbocycles. The minimum atomic E-state index is -0.0730. The molecule has 0 bridgehead atoms. The molecule has 2 aromatic heterocycles. The van der Waals surface area contributed by atoms with Crippen molar-refractivity contribution in [1.29, 1.82) is 0 Å². The van der Waals surface area contributed by atoms with Crippen LogP contribution in [0.15, 0.2) is 48.5 Å². The molecule has 2 heterocycles. The molecule has 1 N–H and O–H groups in total. The maximum Gasteiger partial charge on any atom is 0.224 e. The number of nitrogens with zero attached hydrogens (tertiary/aromatic N) is 3. The number of aryl methyl sites for hydroxylation is 1. The zero-order chi connectivity index (χ0) is 20.9. The minimum Gasteiger partial charge on any atom is -0.497 e. The average Bonchev–Trinajstić information content (AvgIpc) is 3.37. The van der Waals surface area contributed by atoms with Gasteiger partial charge in [-0.3, -0.25) is 4.79 Å². The molecule has 6 nitrogen and oxygen atoms in total. The van der Waals surface area contributed by atoms with Crippen LogP contribution in [0.2, 0.25) is 0 Å². The van der Waals surface area contributed by atoms with E-state index in [2.05, 4.69) is 14.9 Å². The molecule has 0 atom stereocenters. The molecule has 0 radical (unpaired) electrons. The summed E-state index contributed by atoms with van der Waals surface area (Å²) in [5.41, 5.74) is 3.60. The van der Waals surface area contributed by atoms with Crippen LogP contribution in [0.5, 0.6) is 5.75 Å². The number of para-hydroxylation sites is 1. The second kappa shape index (κ2) is 9.15. The van der Waals surface area contributed by atoms with Gasteiger partial charge in [0, 0.05) is 0 Å². The number of methoxy groups -OCH3 is 1. The average molecular weight is 437 g/mol. The topological polar surface area (TPSA) is 77.0 Å². The number of carbonyl (C=O) groups is 1. The van der Waals surface area contributed by atoms with E-state index in [9.17, 15) is 4.79 Å². The SMILES string of the molecule is COc1cccc(/C=C(/CC(=O)NCc2snnc2C)c2nc3ccccc3s2)c1. The summed E-state index contributed by atoms with van der Waals surface area (Å²) in [6, 6.07) is 15.7. The van der Waals surface area contributed by atoms with E-state index in [0.717, 1.165) is 42.7 Å². The Hall–Kier alpha value is -3.10. The number of aromatic nitrogens is 3. The minimum absolute atomic E-state index is 0.0730. The van der Waals surface area contributed by atoms with E-state index >= 15 is 0 Å². The summed E-state index contributed by atoms with van der Waals surface area (Å²) in [5.74, 6) is 0.696. The second-order valence-electron chi connectivity index (χ2n) is 6.67. The molecule has 8 heteroatoms. The van der Waals surface area contributed by atoms with Gasteiger partial charge in [0.15, 0.2) is 0 Å². The highest BCUT2D eigenvalue weighted by molar-refractivity contribution is 7.19. The Kier molecular flexibility index (Phi) is 6.15. The van der Waals surface area contributed by atoms with Gasteiger partial charge in [-0.05, 0) is 59.9 Å². The molecule has 0 aliphatic carbocycles. The number of nitrogens with one attached hydrogen (secondary N) is 1. The Morgan fingerprint density at radius 2 is 2.07 bits per heavy atom. The summed E-state index contributed by atoms with van der Waals surface area (Å²) in [7, 11) is 1.64. The highest BCUT2D eigenvalue weighted by Crippen LogP contribution is 2.30. The van der Waals surface area contributed by atoms with Crippen molar-refractivity contribution in [2.24, 2.45) is 0 Å². The number of fused-ring (bicyclic) bond motifs is 1. The van der Waals surface area contributed by atoms with Crippen LogP contribution < -0.4 is 10.1 Å². The number of rotatable bonds is 7. The molecule has 0 aliphatic heterocycles. The van der Waals surface area contributed by atoms with Crippen molar-refractivity contribution in [3.8, 4) is 5.75 Å². The molecular formula is C22H20N4O2S2. The largest absolute Gasteiger partial charge is 0.497 e. The molecule has 0 saturated heterocycles. The van der Waals surface area contributed by atoms with Crippen LogP contribution in [-0.2, 0) is 11.3 Å². The third kappa shape index (κ3) is 4.72. The van der Waals surface area contributed by atoms with Crippen LogP contribution in [0, 0.1) is 6.92 Å². The summed E-state index contributed by atoms with van der Waals surface area (Å²) >= 11 is 2.89. The number of hydrogen-bond acceptors (Lipinski definition) is 7. The normalized spacial score (nSPS) is 11.6. The van der Waals surface area contributed by atoms with Gasteiger partial charge in [0.2, 0.25) is 5.91 Å². The van der Waals surface area contributed by atoms with Crippen molar-refractivity contribution in [3.05, 3.63) is 69.7 Å². The smallest absolute Gasteiger partial charge is 0.224 e. The molecule has 0 aliphatic rings. The molecule has 2 aromatic carbocycles. The standard InChI is InChI=1S/C22H20N4O2S2/c1-14-20(30-26-25-14)13-23-21(27)12-16(10-15-6-5-7-17(11-15)28-2)22-24-18-8-3-4-9-19(18)29-22/h3-11H,12-13H2,1-2H3,(H,23,27)/b16-10-. The number of carbonyl (C=O) groups excluding carboxylic acids is 1. The van der Waals surface area contributed by atoms with E-state index < -0.39 is 0 Å². The van der Waals surface area contributed by atoms with E-state index in [1.54, 1.807) is 18.4 Å². The summed E-state index contributed by atoms with van der Waals surface area (Å²) < 4.78 is 10.3. The van der Waals surface area contributed by atoms with Gasteiger partial charge >= 0.3 is 0 Å². The lowest BCUT2D eigenvalue weighted by atomic mass is 10.1. The van der Waals surface area contributed by atoms with Crippen LogP contribution in [0.25, 0.3) is 21.9 Å². The van der Waals surface area contributed by atoms with Crippen LogP contribution in [0.3, 0.4) is 0 Å². The lowest BCUT2D eigenvalue weighted by Gasteiger charge is -2.07. The Balaban J connectivity index is 1.61. The van der Waals surface area contributed by atoms with E-state index in [4.69, 9.17) is 9.72 Å². The second-order valence-corrected chi connectivity index (χ2v) is 8.54. The Morgan fingerprint density at radius 1 is 1.20 bits per heavy atom. The third-order valence-corrected chi connectivity index (χ3v) is 6.48. The van der Waals surface area contributed by atoms with E-state index in [-0.39, 0.29) is 12.3 Å². The van der Waals surface area contributed by atoms with Crippen molar-refractivity contribution in [3.63, 3.8) is 0 Å². The van der Waals surface area contributed by atoms with E-state index in [1.807, 2.05) is 61.5 Å². The zero-order valence-corrected chi connectivity index (χ0v) is 18.2. The Labute approximate surface area is 182 Å². The summed E-state index contributed by atoms with van der Waals surface area (Å²) in [5, 5.41) is 7.79. The van der Waals surface area contributed by atoms with Crippen molar-refractivity contribution in [2.45, 2.75) is 19.9 Å². The van der Waals surface area contributed by atoms with Gasteiger partial charge in [0.1, 0.15) is 10.8 Å². The van der Waals surface area contributed by atoms with Crippen LogP contribution in [0.1, 0.15) is 27.6 Å². The zero-order valence-electron chi connectivity index (χ0n) is 16.6. The van der Waals surface area contributed by atoms with Gasteiger partial charge in [-0.2, -0.15) is 0 Å². The monoisotopic (exact) mass is 436 g/mol. The first-order valence-corrected chi connectivity index (χ1v) is 11.0.